The van der Waals surface area contributed by atoms with Crippen LogP contribution in [0.1, 0.15) is 11.3 Å². The van der Waals surface area contributed by atoms with Gasteiger partial charge in [-0.25, -0.2) is 13.1 Å². The molecule has 1 amide bonds. The summed E-state index contributed by atoms with van der Waals surface area (Å²) in [6, 6.07) is 19.7. The van der Waals surface area contributed by atoms with E-state index in [1.807, 2.05) is 30.3 Å². The van der Waals surface area contributed by atoms with Crippen molar-refractivity contribution in [1.29, 1.82) is 0 Å². The number of carbonyl (C=O) groups is 1. The molecule has 0 unspecified atom stereocenters. The average Bonchev–Trinajstić information content (AvgIpc) is 3.29. The van der Waals surface area contributed by atoms with E-state index in [1.54, 1.807) is 42.1 Å². The zero-order valence-corrected chi connectivity index (χ0v) is 17.8. The Morgan fingerprint density at radius 1 is 1.00 bits per heavy atom. The van der Waals surface area contributed by atoms with E-state index < -0.39 is 10.0 Å². The van der Waals surface area contributed by atoms with Gasteiger partial charge in [0.25, 0.3) is 0 Å². The number of benzene rings is 2. The second kappa shape index (κ2) is 10.8. The molecule has 30 heavy (non-hydrogen) atoms. The molecular weight excluding hydrogens is 420 g/mol. The second-order valence-corrected chi connectivity index (χ2v) is 9.19. The van der Waals surface area contributed by atoms with Crippen molar-refractivity contribution in [3.05, 3.63) is 90.4 Å². The molecule has 3 aromatic rings. The Morgan fingerprint density at radius 3 is 2.47 bits per heavy atom. The Kier molecular flexibility index (Phi) is 7.89. The van der Waals surface area contributed by atoms with Crippen LogP contribution in [0.2, 0.25) is 0 Å². The molecule has 0 bridgehead atoms. The smallest absolute Gasteiger partial charge is 0.244 e. The molecule has 3 rings (SSSR count). The molecule has 2 N–H and O–H groups in total. The van der Waals surface area contributed by atoms with Gasteiger partial charge in [0.05, 0.1) is 17.7 Å². The van der Waals surface area contributed by atoms with Crippen LogP contribution in [-0.4, -0.2) is 26.6 Å². The van der Waals surface area contributed by atoms with Crippen LogP contribution >= 0.6 is 11.8 Å². The van der Waals surface area contributed by atoms with Gasteiger partial charge in [-0.05, 0) is 48.0 Å². The van der Waals surface area contributed by atoms with Crippen LogP contribution in [0.5, 0.6) is 0 Å². The molecule has 0 saturated heterocycles. The first-order valence-corrected chi connectivity index (χ1v) is 11.8. The number of nitrogens with one attached hydrogen (secondary N) is 2. The summed E-state index contributed by atoms with van der Waals surface area (Å²) in [6.07, 6.45) is 4.57. The highest BCUT2D eigenvalue weighted by Gasteiger charge is 2.13. The molecule has 0 aliphatic heterocycles. The summed E-state index contributed by atoms with van der Waals surface area (Å²) < 4.78 is 32.2. The summed E-state index contributed by atoms with van der Waals surface area (Å²) >= 11 is 1.68. The van der Waals surface area contributed by atoms with Crippen molar-refractivity contribution in [2.75, 3.05) is 12.3 Å². The third-order valence-electron chi connectivity index (χ3n) is 4.05. The monoisotopic (exact) mass is 442 g/mol. The second-order valence-electron chi connectivity index (χ2n) is 6.26. The lowest BCUT2D eigenvalue weighted by atomic mass is 10.2. The predicted molar refractivity (Wildman–Crippen MR) is 118 cm³/mol. The van der Waals surface area contributed by atoms with Crippen molar-refractivity contribution in [2.45, 2.75) is 16.3 Å². The highest BCUT2D eigenvalue weighted by Crippen LogP contribution is 2.16. The average molecular weight is 443 g/mol. The minimum absolute atomic E-state index is 0.0831. The Morgan fingerprint density at radius 2 is 1.77 bits per heavy atom. The topological polar surface area (TPSA) is 88.4 Å². The molecule has 0 aliphatic carbocycles. The number of hydrogen-bond acceptors (Lipinski definition) is 5. The van der Waals surface area contributed by atoms with E-state index in [-0.39, 0.29) is 17.3 Å². The Bertz CT molecular complexity index is 1060. The van der Waals surface area contributed by atoms with Crippen molar-refractivity contribution in [3.8, 4) is 0 Å². The van der Waals surface area contributed by atoms with E-state index >= 15 is 0 Å². The summed E-state index contributed by atoms with van der Waals surface area (Å²) in [4.78, 5) is 13.2. The van der Waals surface area contributed by atoms with Crippen molar-refractivity contribution in [1.82, 2.24) is 10.0 Å². The fourth-order valence-electron chi connectivity index (χ4n) is 2.51. The largest absolute Gasteiger partial charge is 0.468 e. The van der Waals surface area contributed by atoms with Gasteiger partial charge in [-0.3, -0.25) is 4.79 Å². The van der Waals surface area contributed by atoms with Crippen LogP contribution in [0, 0.1) is 0 Å². The molecule has 2 aromatic carbocycles. The Balaban J connectivity index is 1.44. The fraction of sp³-hybridized carbons (Fsp3) is 0.136. The zero-order valence-electron chi connectivity index (χ0n) is 16.2. The van der Waals surface area contributed by atoms with E-state index in [2.05, 4.69) is 10.0 Å². The fourth-order valence-corrected chi connectivity index (χ4v) is 4.29. The standard InChI is InChI=1S/C22H22N2O4S2/c25-22(23-14-16-29-20-6-2-1-3-7-20)13-10-18-8-11-21(12-9-18)30(26,27)24-17-19-5-4-15-28-19/h1-13,15,24H,14,16-17H2,(H,23,25)/b13-10+. The molecule has 8 heteroatoms. The molecule has 0 spiro atoms. The van der Waals surface area contributed by atoms with Crippen LogP contribution < -0.4 is 10.0 Å². The third-order valence-corrected chi connectivity index (χ3v) is 6.48. The van der Waals surface area contributed by atoms with Gasteiger partial charge in [-0.2, -0.15) is 0 Å². The lowest BCUT2D eigenvalue weighted by Crippen LogP contribution is -2.23. The van der Waals surface area contributed by atoms with E-state index in [9.17, 15) is 13.2 Å². The molecule has 0 aliphatic rings. The molecule has 0 atom stereocenters. The number of amides is 1. The molecular formula is C22H22N2O4S2. The number of sulfonamides is 1. The molecule has 0 saturated carbocycles. The van der Waals surface area contributed by atoms with Crippen molar-refractivity contribution in [3.63, 3.8) is 0 Å². The summed E-state index contributed by atoms with van der Waals surface area (Å²) in [6.45, 7) is 0.640. The summed E-state index contributed by atoms with van der Waals surface area (Å²) in [5.74, 6) is 1.12. The lowest BCUT2D eigenvalue weighted by Gasteiger charge is -2.06. The molecule has 156 valence electrons. The molecule has 0 fully saturated rings. The van der Waals surface area contributed by atoms with Crippen LogP contribution in [0.3, 0.4) is 0 Å². The highest BCUT2D eigenvalue weighted by molar-refractivity contribution is 7.99. The first-order chi connectivity index (χ1) is 14.5. The normalized spacial score (nSPS) is 11.6. The van der Waals surface area contributed by atoms with Crippen LogP contribution in [0.25, 0.3) is 6.08 Å². The number of thioether (sulfide) groups is 1. The Hall–Kier alpha value is -2.81. The maximum absolute atomic E-state index is 12.3. The summed E-state index contributed by atoms with van der Waals surface area (Å²) in [5, 5.41) is 2.83. The molecule has 1 heterocycles. The number of hydrogen-bond donors (Lipinski definition) is 2. The van der Waals surface area contributed by atoms with Gasteiger partial charge in [0.2, 0.25) is 15.9 Å². The zero-order chi connectivity index (χ0) is 21.2. The first kappa shape index (κ1) is 21.9. The predicted octanol–water partition coefficient (Wildman–Crippen LogP) is 3.68. The quantitative estimate of drug-likeness (QED) is 0.284. The first-order valence-electron chi connectivity index (χ1n) is 9.29. The minimum atomic E-state index is -3.64. The number of furan rings is 1. The summed E-state index contributed by atoms with van der Waals surface area (Å²) in [5.41, 5.74) is 0.730. The van der Waals surface area contributed by atoms with Gasteiger partial charge in [0.1, 0.15) is 5.76 Å². The van der Waals surface area contributed by atoms with Crippen molar-refractivity contribution < 1.29 is 17.6 Å². The maximum Gasteiger partial charge on any atom is 0.244 e. The maximum atomic E-state index is 12.3. The van der Waals surface area contributed by atoms with Gasteiger partial charge in [-0.1, -0.05) is 30.3 Å². The molecule has 6 nitrogen and oxygen atoms in total. The molecule has 0 radical (unpaired) electrons. The van der Waals surface area contributed by atoms with Crippen LogP contribution in [-0.2, 0) is 21.4 Å². The van der Waals surface area contributed by atoms with Crippen LogP contribution in [0.4, 0.5) is 0 Å². The highest BCUT2D eigenvalue weighted by atomic mass is 32.2. The third kappa shape index (κ3) is 6.91. The van der Waals surface area contributed by atoms with Crippen molar-refractivity contribution in [2.24, 2.45) is 0 Å². The summed E-state index contributed by atoms with van der Waals surface area (Å²) in [7, 11) is -3.64. The SMILES string of the molecule is O=C(/C=C/c1ccc(S(=O)(=O)NCc2ccco2)cc1)NCCSc1ccccc1. The Labute approximate surface area is 180 Å². The van der Waals surface area contributed by atoms with Gasteiger partial charge >= 0.3 is 0 Å². The van der Waals surface area contributed by atoms with Crippen LogP contribution in [0.15, 0.2) is 93.3 Å². The van der Waals surface area contributed by atoms with Gasteiger partial charge < -0.3 is 9.73 Å². The lowest BCUT2D eigenvalue weighted by molar-refractivity contribution is -0.116. The molecule has 1 aromatic heterocycles. The van der Waals surface area contributed by atoms with E-state index in [4.69, 9.17) is 4.42 Å². The van der Waals surface area contributed by atoms with E-state index in [0.717, 1.165) is 16.2 Å². The number of rotatable bonds is 10. The minimum Gasteiger partial charge on any atom is -0.468 e. The van der Waals surface area contributed by atoms with Crippen molar-refractivity contribution >= 4 is 33.8 Å². The van der Waals surface area contributed by atoms with Gasteiger partial charge in [0.15, 0.2) is 0 Å². The number of carbonyl (C=O) groups excluding carboxylic acids is 1. The van der Waals surface area contributed by atoms with E-state index in [1.165, 1.54) is 24.5 Å². The van der Waals surface area contributed by atoms with E-state index in [0.29, 0.717) is 12.3 Å². The van der Waals surface area contributed by atoms with Gasteiger partial charge in [0, 0.05) is 23.3 Å². The van der Waals surface area contributed by atoms with Gasteiger partial charge in [-0.15, -0.1) is 11.8 Å².